The van der Waals surface area contributed by atoms with Gasteiger partial charge in [0.1, 0.15) is 0 Å². The topological polar surface area (TPSA) is 66.4 Å². The minimum atomic E-state index is -0.862. The number of hydrogen-bond acceptors (Lipinski definition) is 2. The summed E-state index contributed by atoms with van der Waals surface area (Å²) in [7, 11) is 0. The molecule has 1 saturated carbocycles. The zero-order valence-electron chi connectivity index (χ0n) is 11.7. The molecule has 0 bridgehead atoms. The van der Waals surface area contributed by atoms with E-state index in [1.165, 1.54) is 0 Å². The van der Waals surface area contributed by atoms with Gasteiger partial charge in [-0.1, -0.05) is 40.4 Å². The largest absolute Gasteiger partial charge is 0.481 e. The maximum Gasteiger partial charge on any atom is 0.308 e. The number of carbonyl (C=O) groups excluding carboxylic acids is 1. The normalized spacial score (nSPS) is 25.4. The summed E-state index contributed by atoms with van der Waals surface area (Å²) in [5.74, 6) is -1.76. The lowest BCUT2D eigenvalue weighted by Gasteiger charge is -2.39. The number of halogens is 2. The Hall–Kier alpha value is -1.07. The van der Waals surface area contributed by atoms with Crippen molar-refractivity contribution in [1.29, 1.82) is 0 Å². The van der Waals surface area contributed by atoms with Gasteiger partial charge in [0.15, 0.2) is 0 Å². The SMILES string of the molecule is CC1(NC(=O)c2ccc(Br)cc2Cl)CCCCC1C(=O)O. The number of aliphatic carboxylic acids is 1. The van der Waals surface area contributed by atoms with E-state index in [2.05, 4.69) is 21.2 Å². The molecule has 114 valence electrons. The zero-order valence-corrected chi connectivity index (χ0v) is 14.0. The molecule has 1 aliphatic rings. The van der Waals surface area contributed by atoms with E-state index < -0.39 is 17.4 Å². The van der Waals surface area contributed by atoms with Crippen LogP contribution in [0.25, 0.3) is 0 Å². The van der Waals surface area contributed by atoms with Crippen LogP contribution in [0.15, 0.2) is 22.7 Å². The van der Waals surface area contributed by atoms with Crippen molar-refractivity contribution < 1.29 is 14.7 Å². The molecule has 0 spiro atoms. The molecule has 0 aromatic heterocycles. The first kappa shape index (κ1) is 16.3. The molecular formula is C15H17BrClNO3. The summed E-state index contributed by atoms with van der Waals surface area (Å²) in [4.78, 5) is 23.8. The molecule has 2 N–H and O–H groups in total. The van der Waals surface area contributed by atoms with Crippen molar-refractivity contribution in [2.24, 2.45) is 5.92 Å². The predicted octanol–water partition coefficient (Wildman–Crippen LogP) is 3.87. The Kier molecular flexibility index (Phi) is 4.94. The van der Waals surface area contributed by atoms with E-state index in [1.807, 2.05) is 0 Å². The maximum absolute atomic E-state index is 12.4. The molecule has 1 aromatic carbocycles. The number of carboxylic acid groups (broad SMARTS) is 1. The van der Waals surface area contributed by atoms with Crippen molar-refractivity contribution in [2.45, 2.75) is 38.1 Å². The quantitative estimate of drug-likeness (QED) is 0.844. The third-order valence-corrected chi connectivity index (χ3v) is 4.89. The molecule has 2 atom stereocenters. The smallest absolute Gasteiger partial charge is 0.308 e. The fourth-order valence-electron chi connectivity index (χ4n) is 2.88. The summed E-state index contributed by atoms with van der Waals surface area (Å²) in [5.41, 5.74) is -0.381. The lowest BCUT2D eigenvalue weighted by atomic mass is 9.73. The Morgan fingerprint density at radius 2 is 2.14 bits per heavy atom. The molecule has 0 radical (unpaired) electrons. The van der Waals surface area contributed by atoms with Crippen LogP contribution in [0.4, 0.5) is 0 Å². The zero-order chi connectivity index (χ0) is 15.6. The molecule has 6 heteroatoms. The van der Waals surface area contributed by atoms with Gasteiger partial charge in [-0.3, -0.25) is 9.59 Å². The highest BCUT2D eigenvalue weighted by atomic mass is 79.9. The lowest BCUT2D eigenvalue weighted by molar-refractivity contribution is -0.145. The fourth-order valence-corrected chi connectivity index (χ4v) is 3.64. The third-order valence-electron chi connectivity index (χ3n) is 4.08. The van der Waals surface area contributed by atoms with E-state index in [0.717, 1.165) is 17.3 Å². The summed E-state index contributed by atoms with van der Waals surface area (Å²) < 4.78 is 0.788. The summed E-state index contributed by atoms with van der Waals surface area (Å²) in [6.45, 7) is 1.80. The van der Waals surface area contributed by atoms with Crippen LogP contribution in [0.5, 0.6) is 0 Å². The summed E-state index contributed by atoms with van der Waals surface area (Å²) in [6, 6.07) is 5.01. The number of amides is 1. The molecule has 0 heterocycles. The van der Waals surface area contributed by atoms with Gasteiger partial charge in [0.2, 0.25) is 0 Å². The second-order valence-corrected chi connectivity index (χ2v) is 6.96. The van der Waals surface area contributed by atoms with Crippen molar-refractivity contribution in [3.63, 3.8) is 0 Å². The molecule has 0 saturated heterocycles. The molecule has 1 aliphatic carbocycles. The molecule has 1 aromatic rings. The molecule has 1 fully saturated rings. The van der Waals surface area contributed by atoms with E-state index in [4.69, 9.17) is 11.6 Å². The molecular weight excluding hydrogens is 358 g/mol. The van der Waals surface area contributed by atoms with Crippen molar-refractivity contribution in [1.82, 2.24) is 5.32 Å². The number of carbonyl (C=O) groups is 2. The highest BCUT2D eigenvalue weighted by Crippen LogP contribution is 2.34. The molecule has 21 heavy (non-hydrogen) atoms. The van der Waals surface area contributed by atoms with Crippen LogP contribution in [0.3, 0.4) is 0 Å². The molecule has 1 amide bonds. The Morgan fingerprint density at radius 1 is 1.43 bits per heavy atom. The van der Waals surface area contributed by atoms with E-state index in [-0.39, 0.29) is 5.91 Å². The second-order valence-electron chi connectivity index (χ2n) is 5.63. The molecule has 0 aliphatic heterocycles. The third kappa shape index (κ3) is 3.58. The average molecular weight is 375 g/mol. The summed E-state index contributed by atoms with van der Waals surface area (Å²) in [6.07, 6.45) is 3.03. The second kappa shape index (κ2) is 6.36. The van der Waals surface area contributed by atoms with Crippen molar-refractivity contribution in [3.8, 4) is 0 Å². The minimum absolute atomic E-state index is 0.330. The van der Waals surface area contributed by atoms with E-state index in [1.54, 1.807) is 25.1 Å². The van der Waals surface area contributed by atoms with Crippen molar-refractivity contribution in [3.05, 3.63) is 33.3 Å². The van der Waals surface area contributed by atoms with Crippen LogP contribution >= 0.6 is 27.5 Å². The summed E-state index contributed by atoms with van der Waals surface area (Å²) in [5, 5.41) is 12.6. The van der Waals surface area contributed by atoms with Crippen LogP contribution in [0.2, 0.25) is 5.02 Å². The van der Waals surface area contributed by atoms with Gasteiger partial charge in [-0.05, 0) is 38.0 Å². The van der Waals surface area contributed by atoms with Gasteiger partial charge in [0.25, 0.3) is 5.91 Å². The highest BCUT2D eigenvalue weighted by molar-refractivity contribution is 9.10. The van der Waals surface area contributed by atoms with Gasteiger partial charge in [-0.2, -0.15) is 0 Å². The van der Waals surface area contributed by atoms with Gasteiger partial charge < -0.3 is 10.4 Å². The minimum Gasteiger partial charge on any atom is -0.481 e. The van der Waals surface area contributed by atoms with Crippen LogP contribution in [0, 0.1) is 5.92 Å². The Bertz CT molecular complexity index is 578. The number of rotatable bonds is 3. The van der Waals surface area contributed by atoms with Gasteiger partial charge in [0, 0.05) is 4.47 Å². The Labute approximate surface area is 137 Å². The maximum atomic E-state index is 12.4. The fraction of sp³-hybridized carbons (Fsp3) is 0.467. The van der Waals surface area contributed by atoms with E-state index >= 15 is 0 Å². The standard InChI is InChI=1S/C15H17BrClNO3/c1-15(7-3-2-4-11(15)14(20)21)18-13(19)10-6-5-9(16)8-12(10)17/h5-6,8,11H,2-4,7H2,1H3,(H,18,19)(H,20,21). The molecule has 4 nitrogen and oxygen atoms in total. The number of carboxylic acids is 1. The summed E-state index contributed by atoms with van der Waals surface area (Å²) >= 11 is 9.37. The average Bonchev–Trinajstić information content (AvgIpc) is 2.37. The number of hydrogen-bond donors (Lipinski definition) is 2. The van der Waals surface area contributed by atoms with Crippen molar-refractivity contribution >= 4 is 39.4 Å². The number of benzene rings is 1. The van der Waals surface area contributed by atoms with Gasteiger partial charge >= 0.3 is 5.97 Å². The number of nitrogens with one attached hydrogen (secondary N) is 1. The first-order valence-electron chi connectivity index (χ1n) is 6.84. The van der Waals surface area contributed by atoms with Crippen LogP contribution in [-0.2, 0) is 4.79 Å². The van der Waals surface area contributed by atoms with Crippen LogP contribution in [-0.4, -0.2) is 22.5 Å². The predicted molar refractivity (Wildman–Crippen MR) is 84.6 cm³/mol. The Balaban J connectivity index is 2.22. The van der Waals surface area contributed by atoms with Crippen LogP contribution < -0.4 is 5.32 Å². The highest BCUT2D eigenvalue weighted by Gasteiger charge is 2.42. The first-order chi connectivity index (χ1) is 9.83. The molecule has 2 rings (SSSR count). The van der Waals surface area contributed by atoms with E-state index in [9.17, 15) is 14.7 Å². The molecule has 2 unspecified atom stereocenters. The van der Waals surface area contributed by atoms with Gasteiger partial charge in [-0.15, -0.1) is 0 Å². The van der Waals surface area contributed by atoms with Gasteiger partial charge in [0.05, 0.1) is 22.0 Å². The lowest BCUT2D eigenvalue weighted by Crippen LogP contribution is -2.55. The van der Waals surface area contributed by atoms with Crippen LogP contribution in [0.1, 0.15) is 43.0 Å². The van der Waals surface area contributed by atoms with Gasteiger partial charge in [-0.25, -0.2) is 0 Å². The van der Waals surface area contributed by atoms with E-state index in [0.29, 0.717) is 23.4 Å². The first-order valence-corrected chi connectivity index (χ1v) is 8.01. The Morgan fingerprint density at radius 3 is 2.76 bits per heavy atom. The van der Waals surface area contributed by atoms with Crippen molar-refractivity contribution in [2.75, 3.05) is 0 Å². The monoisotopic (exact) mass is 373 g/mol.